The lowest BCUT2D eigenvalue weighted by Gasteiger charge is -2.25. The SMILES string of the molecule is COc1ccc(N2C(=O)N=CC(C(=O)Nc3ccccc3C3C=CC(=O)N=N3)C2=O)cc1. The smallest absolute Gasteiger partial charge is 0.354 e. The molecule has 0 aromatic heterocycles. The number of para-hydroxylation sites is 1. The highest BCUT2D eigenvalue weighted by Crippen LogP contribution is 2.30. The van der Waals surface area contributed by atoms with E-state index in [0.717, 1.165) is 11.1 Å². The Hall–Kier alpha value is -4.47. The lowest BCUT2D eigenvalue weighted by atomic mass is 10.0. The van der Waals surface area contributed by atoms with Gasteiger partial charge in [0.1, 0.15) is 11.8 Å². The molecule has 0 aliphatic carbocycles. The zero-order valence-electron chi connectivity index (χ0n) is 16.8. The summed E-state index contributed by atoms with van der Waals surface area (Å²) in [6, 6.07) is 11.7. The molecule has 10 nitrogen and oxygen atoms in total. The van der Waals surface area contributed by atoms with Gasteiger partial charge in [-0.3, -0.25) is 14.4 Å². The molecule has 2 aromatic rings. The molecule has 5 amide bonds. The second kappa shape index (κ2) is 8.72. The molecule has 2 unspecified atom stereocenters. The number of aliphatic imine (C=N–C) groups is 1. The van der Waals surface area contributed by atoms with Gasteiger partial charge in [-0.05, 0) is 36.4 Å². The molecule has 2 aliphatic rings. The van der Waals surface area contributed by atoms with Crippen molar-refractivity contribution in [3.8, 4) is 5.75 Å². The Morgan fingerprint density at radius 3 is 2.50 bits per heavy atom. The molecular formula is C22H17N5O5. The highest BCUT2D eigenvalue weighted by Gasteiger charge is 2.37. The largest absolute Gasteiger partial charge is 0.497 e. The molecule has 2 atom stereocenters. The van der Waals surface area contributed by atoms with Crippen molar-refractivity contribution >= 4 is 41.3 Å². The highest BCUT2D eigenvalue weighted by molar-refractivity contribution is 6.31. The average molecular weight is 431 g/mol. The predicted molar refractivity (Wildman–Crippen MR) is 115 cm³/mol. The average Bonchev–Trinajstić information content (AvgIpc) is 2.80. The summed E-state index contributed by atoms with van der Waals surface area (Å²) in [4.78, 5) is 54.0. The quantitative estimate of drug-likeness (QED) is 0.727. The van der Waals surface area contributed by atoms with E-state index in [1.807, 2.05) is 0 Å². The van der Waals surface area contributed by atoms with E-state index in [2.05, 4.69) is 20.5 Å². The molecule has 0 fully saturated rings. The van der Waals surface area contributed by atoms with Crippen LogP contribution in [0.5, 0.6) is 5.75 Å². The fourth-order valence-electron chi connectivity index (χ4n) is 3.25. The summed E-state index contributed by atoms with van der Waals surface area (Å²) >= 11 is 0. The van der Waals surface area contributed by atoms with Crippen LogP contribution in [0.4, 0.5) is 16.2 Å². The van der Waals surface area contributed by atoms with E-state index in [-0.39, 0.29) is 5.69 Å². The second-order valence-electron chi connectivity index (χ2n) is 6.84. The lowest BCUT2D eigenvalue weighted by molar-refractivity contribution is -0.127. The first-order valence-electron chi connectivity index (χ1n) is 9.57. The van der Waals surface area contributed by atoms with Crippen molar-refractivity contribution in [2.45, 2.75) is 6.04 Å². The molecule has 0 bridgehead atoms. The maximum atomic E-state index is 13.0. The third kappa shape index (κ3) is 4.06. The number of methoxy groups -OCH3 is 1. The summed E-state index contributed by atoms with van der Waals surface area (Å²) in [5.41, 5.74) is 1.26. The molecule has 2 aromatic carbocycles. The fourth-order valence-corrected chi connectivity index (χ4v) is 3.25. The molecular weight excluding hydrogens is 414 g/mol. The first-order valence-corrected chi connectivity index (χ1v) is 9.57. The topological polar surface area (TPSA) is 130 Å². The molecule has 160 valence electrons. The van der Waals surface area contributed by atoms with Gasteiger partial charge in [0.05, 0.1) is 12.8 Å². The van der Waals surface area contributed by atoms with Crippen LogP contribution in [0.2, 0.25) is 0 Å². The van der Waals surface area contributed by atoms with Crippen molar-refractivity contribution in [2.75, 3.05) is 17.3 Å². The molecule has 0 saturated heterocycles. The molecule has 2 heterocycles. The summed E-state index contributed by atoms with van der Waals surface area (Å²) in [5, 5.41) is 10.2. The Balaban J connectivity index is 1.56. The van der Waals surface area contributed by atoms with Gasteiger partial charge in [-0.15, -0.1) is 5.11 Å². The number of rotatable bonds is 5. The van der Waals surface area contributed by atoms with Gasteiger partial charge < -0.3 is 10.1 Å². The van der Waals surface area contributed by atoms with Crippen molar-refractivity contribution in [3.63, 3.8) is 0 Å². The number of azo groups is 1. The van der Waals surface area contributed by atoms with Crippen LogP contribution in [0, 0.1) is 5.92 Å². The van der Waals surface area contributed by atoms with E-state index in [4.69, 9.17) is 4.74 Å². The number of nitrogens with zero attached hydrogens (tertiary/aromatic N) is 4. The highest BCUT2D eigenvalue weighted by atomic mass is 16.5. The molecule has 0 radical (unpaired) electrons. The first-order chi connectivity index (χ1) is 15.5. The number of anilines is 2. The van der Waals surface area contributed by atoms with Crippen LogP contribution in [0.25, 0.3) is 0 Å². The van der Waals surface area contributed by atoms with Gasteiger partial charge in [-0.2, -0.15) is 5.11 Å². The minimum atomic E-state index is -1.31. The number of nitrogens with one attached hydrogen (secondary N) is 1. The molecule has 0 saturated carbocycles. The van der Waals surface area contributed by atoms with E-state index in [9.17, 15) is 19.2 Å². The van der Waals surface area contributed by atoms with Gasteiger partial charge in [0.15, 0.2) is 5.92 Å². The summed E-state index contributed by atoms with van der Waals surface area (Å²) < 4.78 is 5.08. The number of hydrogen-bond donors (Lipinski definition) is 1. The Morgan fingerprint density at radius 1 is 1.06 bits per heavy atom. The number of amides is 5. The van der Waals surface area contributed by atoms with Gasteiger partial charge in [0.2, 0.25) is 5.91 Å². The molecule has 4 rings (SSSR count). The zero-order chi connectivity index (χ0) is 22.7. The van der Waals surface area contributed by atoms with E-state index in [1.54, 1.807) is 42.5 Å². The summed E-state index contributed by atoms with van der Waals surface area (Å²) in [7, 11) is 1.50. The second-order valence-corrected chi connectivity index (χ2v) is 6.84. The Labute approximate surface area is 182 Å². The summed E-state index contributed by atoms with van der Waals surface area (Å²) in [6.45, 7) is 0. The number of carbonyl (C=O) groups excluding carboxylic acids is 4. The Bertz CT molecular complexity index is 1170. The maximum absolute atomic E-state index is 13.0. The molecule has 32 heavy (non-hydrogen) atoms. The van der Waals surface area contributed by atoms with Crippen molar-refractivity contribution in [2.24, 2.45) is 21.1 Å². The minimum Gasteiger partial charge on any atom is -0.497 e. The minimum absolute atomic E-state index is 0.272. The Morgan fingerprint density at radius 2 is 1.81 bits per heavy atom. The number of hydrogen-bond acceptors (Lipinski definition) is 6. The van der Waals surface area contributed by atoms with Crippen LogP contribution in [0.3, 0.4) is 0 Å². The monoisotopic (exact) mass is 431 g/mol. The van der Waals surface area contributed by atoms with E-state index in [1.165, 1.54) is 25.3 Å². The lowest BCUT2D eigenvalue weighted by Crippen LogP contribution is -2.48. The Kier molecular flexibility index (Phi) is 5.67. The van der Waals surface area contributed by atoms with Gasteiger partial charge in [0.25, 0.3) is 11.8 Å². The van der Waals surface area contributed by atoms with Crippen molar-refractivity contribution in [1.82, 2.24) is 0 Å². The number of ether oxygens (including phenoxy) is 1. The molecule has 10 heteroatoms. The van der Waals surface area contributed by atoms with Gasteiger partial charge in [0, 0.05) is 23.5 Å². The van der Waals surface area contributed by atoms with Gasteiger partial charge in [-0.1, -0.05) is 18.2 Å². The van der Waals surface area contributed by atoms with Crippen LogP contribution >= 0.6 is 0 Å². The molecule has 1 N–H and O–H groups in total. The van der Waals surface area contributed by atoms with Gasteiger partial charge in [-0.25, -0.2) is 14.7 Å². The third-order valence-corrected chi connectivity index (χ3v) is 4.86. The maximum Gasteiger partial charge on any atom is 0.354 e. The van der Waals surface area contributed by atoms with Crippen molar-refractivity contribution in [1.29, 1.82) is 0 Å². The van der Waals surface area contributed by atoms with E-state index >= 15 is 0 Å². The number of imide groups is 1. The number of urea groups is 1. The molecule has 2 aliphatic heterocycles. The summed E-state index contributed by atoms with van der Waals surface area (Å²) in [5.74, 6) is -2.61. The predicted octanol–water partition coefficient (Wildman–Crippen LogP) is 3.08. The van der Waals surface area contributed by atoms with Gasteiger partial charge >= 0.3 is 6.03 Å². The van der Waals surface area contributed by atoms with Crippen LogP contribution in [0.1, 0.15) is 11.6 Å². The van der Waals surface area contributed by atoms with Crippen molar-refractivity contribution in [3.05, 3.63) is 66.2 Å². The third-order valence-electron chi connectivity index (χ3n) is 4.86. The van der Waals surface area contributed by atoms with Crippen LogP contribution < -0.4 is 15.0 Å². The number of benzene rings is 2. The first kappa shape index (κ1) is 20.8. The summed E-state index contributed by atoms with van der Waals surface area (Å²) in [6.07, 6.45) is 3.89. The molecule has 0 spiro atoms. The van der Waals surface area contributed by atoms with Crippen LogP contribution in [0.15, 0.2) is 75.9 Å². The van der Waals surface area contributed by atoms with E-state index in [0.29, 0.717) is 17.0 Å². The van der Waals surface area contributed by atoms with Crippen LogP contribution in [-0.2, 0) is 14.4 Å². The standard InChI is InChI=1S/C22H17N5O5/c1-32-14-8-6-13(7-9-14)27-21(30)16(12-23-22(27)31)20(29)24-17-5-3-2-4-15(17)18-10-11-19(28)26-25-18/h2-12,16,18H,1H3,(H,24,29). The number of carbonyl (C=O) groups is 4. The van der Waals surface area contributed by atoms with Crippen molar-refractivity contribution < 1.29 is 23.9 Å². The fraction of sp³-hybridized carbons (Fsp3) is 0.136. The van der Waals surface area contributed by atoms with E-state index < -0.39 is 35.7 Å². The van der Waals surface area contributed by atoms with Crippen LogP contribution in [-0.4, -0.2) is 37.1 Å². The zero-order valence-corrected chi connectivity index (χ0v) is 16.8. The normalized spacial score (nSPS) is 19.9.